The van der Waals surface area contributed by atoms with Crippen molar-refractivity contribution < 1.29 is 28.6 Å². The van der Waals surface area contributed by atoms with Crippen LogP contribution in [0.4, 0.5) is 0 Å². The van der Waals surface area contributed by atoms with Gasteiger partial charge in [-0.25, -0.2) is 0 Å². The van der Waals surface area contributed by atoms with Crippen LogP contribution in [0.1, 0.15) is 367 Å². The first-order valence-corrected chi connectivity index (χ1v) is 34.1. The van der Waals surface area contributed by atoms with Crippen molar-refractivity contribution in [2.45, 2.75) is 374 Å². The van der Waals surface area contributed by atoms with Crippen molar-refractivity contribution in [3.05, 3.63) is 48.6 Å². The number of rotatable bonds is 63. The number of allylic oxidation sites excluding steroid dienone is 8. The molecule has 6 nitrogen and oxygen atoms in total. The van der Waals surface area contributed by atoms with Gasteiger partial charge in [-0.15, -0.1) is 0 Å². The minimum atomic E-state index is -0.778. The van der Waals surface area contributed by atoms with Gasteiger partial charge in [0.2, 0.25) is 0 Å². The van der Waals surface area contributed by atoms with E-state index in [1.165, 1.54) is 250 Å². The number of carbonyl (C=O) groups excluding carboxylic acids is 3. The van der Waals surface area contributed by atoms with Crippen molar-refractivity contribution in [3.8, 4) is 0 Å². The van der Waals surface area contributed by atoms with Crippen molar-refractivity contribution in [2.24, 2.45) is 0 Å². The van der Waals surface area contributed by atoms with Gasteiger partial charge in [0.05, 0.1) is 0 Å². The Balaban J connectivity index is 4.34. The summed E-state index contributed by atoms with van der Waals surface area (Å²) in [4.78, 5) is 38.4. The van der Waals surface area contributed by atoms with Crippen LogP contribution in [0.2, 0.25) is 0 Å². The molecule has 0 bridgehead atoms. The van der Waals surface area contributed by atoms with E-state index in [9.17, 15) is 14.4 Å². The summed E-state index contributed by atoms with van der Waals surface area (Å²) in [5, 5.41) is 0. The number of hydrogen-bond acceptors (Lipinski definition) is 6. The lowest BCUT2D eigenvalue weighted by Gasteiger charge is -2.18. The van der Waals surface area contributed by atoms with E-state index in [-0.39, 0.29) is 31.1 Å². The molecule has 0 N–H and O–H groups in total. The molecule has 0 saturated carbocycles. The van der Waals surface area contributed by atoms with Crippen molar-refractivity contribution in [1.82, 2.24) is 0 Å². The van der Waals surface area contributed by atoms with Gasteiger partial charge in [0.15, 0.2) is 6.10 Å². The van der Waals surface area contributed by atoms with E-state index in [4.69, 9.17) is 14.2 Å². The molecule has 1 atom stereocenters. The van der Waals surface area contributed by atoms with E-state index in [1.54, 1.807) is 0 Å². The maximum absolute atomic E-state index is 12.9. The highest BCUT2D eigenvalue weighted by Gasteiger charge is 2.19. The highest BCUT2D eigenvalue weighted by molar-refractivity contribution is 5.71. The maximum Gasteiger partial charge on any atom is 0.306 e. The lowest BCUT2D eigenvalue weighted by atomic mass is 10.0. The standard InChI is InChI=1S/C71H130O6/c1-4-7-10-13-16-19-22-25-28-31-33-35-37-40-43-46-49-52-55-58-61-64-70(73)76-67-68(66-75-69(72)63-60-57-54-51-48-45-42-39-30-27-24-21-18-15-12-9-6-3)77-71(74)65-62-59-56-53-50-47-44-41-38-36-34-32-29-26-23-20-17-14-11-8-5-2/h18,21-22,25,27,30-31,33,68H,4-17,19-20,23-24,26,28-29,32,34-67H2,1-3H3/b21-18-,25-22-,30-27-,33-31-. The maximum atomic E-state index is 12.9. The minimum absolute atomic E-state index is 0.0742. The molecule has 0 aromatic rings. The zero-order valence-corrected chi connectivity index (χ0v) is 51.7. The lowest BCUT2D eigenvalue weighted by Crippen LogP contribution is -2.30. The van der Waals surface area contributed by atoms with Crippen LogP contribution >= 0.6 is 0 Å². The Bertz CT molecular complexity index is 1330. The Kier molecular flexibility index (Phi) is 63.6. The van der Waals surface area contributed by atoms with E-state index >= 15 is 0 Å². The molecule has 0 heterocycles. The van der Waals surface area contributed by atoms with E-state index in [0.717, 1.165) is 77.0 Å². The van der Waals surface area contributed by atoms with Gasteiger partial charge in [-0.3, -0.25) is 14.4 Å². The Morgan fingerprint density at radius 1 is 0.260 bits per heavy atom. The van der Waals surface area contributed by atoms with Gasteiger partial charge in [-0.1, -0.05) is 313 Å². The van der Waals surface area contributed by atoms with Crippen molar-refractivity contribution in [3.63, 3.8) is 0 Å². The predicted molar refractivity (Wildman–Crippen MR) is 335 cm³/mol. The van der Waals surface area contributed by atoms with Gasteiger partial charge in [-0.2, -0.15) is 0 Å². The quantitative estimate of drug-likeness (QED) is 0.0261. The van der Waals surface area contributed by atoms with E-state index in [2.05, 4.69) is 69.4 Å². The fraction of sp³-hybridized carbons (Fsp3) is 0.845. The van der Waals surface area contributed by atoms with Gasteiger partial charge in [0.1, 0.15) is 13.2 Å². The van der Waals surface area contributed by atoms with Crippen LogP contribution in [0.3, 0.4) is 0 Å². The Hall–Kier alpha value is -2.63. The topological polar surface area (TPSA) is 78.9 Å². The zero-order valence-electron chi connectivity index (χ0n) is 51.7. The van der Waals surface area contributed by atoms with Crippen LogP contribution in [0.25, 0.3) is 0 Å². The van der Waals surface area contributed by atoms with Crippen LogP contribution in [-0.2, 0) is 28.6 Å². The van der Waals surface area contributed by atoms with Gasteiger partial charge in [0.25, 0.3) is 0 Å². The second-order valence-corrected chi connectivity index (χ2v) is 23.1. The molecule has 0 aliphatic carbocycles. The van der Waals surface area contributed by atoms with Crippen molar-refractivity contribution in [2.75, 3.05) is 13.2 Å². The molecule has 450 valence electrons. The van der Waals surface area contributed by atoms with E-state index in [1.807, 2.05) is 0 Å². The fourth-order valence-corrected chi connectivity index (χ4v) is 10.2. The van der Waals surface area contributed by atoms with E-state index < -0.39 is 6.10 Å². The summed E-state index contributed by atoms with van der Waals surface area (Å²) in [6, 6.07) is 0. The fourth-order valence-electron chi connectivity index (χ4n) is 10.2. The molecule has 1 unspecified atom stereocenters. The predicted octanol–water partition coefficient (Wildman–Crippen LogP) is 23.3. The monoisotopic (exact) mass is 1080 g/mol. The van der Waals surface area contributed by atoms with Gasteiger partial charge in [0, 0.05) is 19.3 Å². The molecule has 0 aliphatic heterocycles. The molecule has 0 fully saturated rings. The molecular weight excluding hydrogens is 949 g/mol. The van der Waals surface area contributed by atoms with Gasteiger partial charge in [-0.05, 0) is 83.5 Å². The first kappa shape index (κ1) is 74.4. The largest absolute Gasteiger partial charge is 0.462 e. The minimum Gasteiger partial charge on any atom is -0.462 e. The van der Waals surface area contributed by atoms with E-state index in [0.29, 0.717) is 19.3 Å². The van der Waals surface area contributed by atoms with Crippen molar-refractivity contribution >= 4 is 17.9 Å². The van der Waals surface area contributed by atoms with Gasteiger partial charge < -0.3 is 14.2 Å². The van der Waals surface area contributed by atoms with Gasteiger partial charge >= 0.3 is 17.9 Å². The van der Waals surface area contributed by atoms with Crippen LogP contribution in [0.15, 0.2) is 48.6 Å². The smallest absolute Gasteiger partial charge is 0.306 e. The summed E-state index contributed by atoms with van der Waals surface area (Å²) in [5.74, 6) is -0.860. The number of carbonyl (C=O) groups is 3. The Morgan fingerprint density at radius 3 is 0.740 bits per heavy atom. The summed E-state index contributed by atoms with van der Waals surface area (Å²) in [5.41, 5.74) is 0. The first-order chi connectivity index (χ1) is 38.0. The third kappa shape index (κ3) is 64.1. The molecule has 77 heavy (non-hydrogen) atoms. The molecular formula is C71H130O6. The third-order valence-electron chi connectivity index (χ3n) is 15.3. The molecule has 0 aromatic heterocycles. The van der Waals surface area contributed by atoms with Crippen LogP contribution in [0, 0.1) is 0 Å². The SMILES string of the molecule is CCCCC/C=C\C/C=C\CCCCCCCCCC(=O)OCC(COC(=O)CCCCCCCCCCC/C=C\C/C=C\CCCCCCC)OC(=O)CCCCCCCCCCCCCCCCCCCCCCC. The highest BCUT2D eigenvalue weighted by atomic mass is 16.6. The molecule has 0 aliphatic rings. The first-order valence-electron chi connectivity index (χ1n) is 34.1. The molecule has 6 heteroatoms. The number of unbranched alkanes of at least 4 members (excludes halogenated alkanes) is 44. The summed E-state index contributed by atoms with van der Waals surface area (Å²) in [6.45, 7) is 6.66. The highest BCUT2D eigenvalue weighted by Crippen LogP contribution is 2.18. The normalized spacial score (nSPS) is 12.3. The Morgan fingerprint density at radius 2 is 0.468 bits per heavy atom. The molecule has 0 amide bonds. The second kappa shape index (κ2) is 65.9. The molecule has 0 rings (SSSR count). The summed E-state index contributed by atoms with van der Waals surface area (Å²) in [7, 11) is 0. The summed E-state index contributed by atoms with van der Waals surface area (Å²) < 4.78 is 17.0. The average Bonchev–Trinajstić information content (AvgIpc) is 3.43. The van der Waals surface area contributed by atoms with Crippen LogP contribution in [0.5, 0.6) is 0 Å². The zero-order chi connectivity index (χ0) is 55.7. The number of esters is 3. The summed E-state index contributed by atoms with van der Waals surface area (Å²) in [6.07, 6.45) is 82.6. The third-order valence-corrected chi connectivity index (χ3v) is 15.3. The molecule has 0 saturated heterocycles. The Labute approximate surface area is 479 Å². The summed E-state index contributed by atoms with van der Waals surface area (Å²) >= 11 is 0. The lowest BCUT2D eigenvalue weighted by molar-refractivity contribution is -0.167. The van der Waals surface area contributed by atoms with Crippen LogP contribution < -0.4 is 0 Å². The molecule has 0 spiro atoms. The van der Waals surface area contributed by atoms with Crippen molar-refractivity contribution in [1.29, 1.82) is 0 Å². The number of hydrogen-bond donors (Lipinski definition) is 0. The average molecular weight is 1080 g/mol. The molecule has 0 aromatic carbocycles. The van der Waals surface area contributed by atoms with Crippen LogP contribution in [-0.4, -0.2) is 37.2 Å². The number of ether oxygens (including phenoxy) is 3. The second-order valence-electron chi connectivity index (χ2n) is 23.1. The molecule has 0 radical (unpaired) electrons.